The maximum absolute atomic E-state index is 13.1. The minimum absolute atomic E-state index is 0.000609. The number of rotatable bonds is 2. The lowest BCUT2D eigenvalue weighted by molar-refractivity contribution is -0.157. The van der Waals surface area contributed by atoms with Crippen LogP contribution >= 0.6 is 0 Å². The largest absolute Gasteiger partial charge is 0.356 e. The fourth-order valence-corrected chi connectivity index (χ4v) is 4.82. The molecule has 1 unspecified atom stereocenters. The van der Waals surface area contributed by atoms with Gasteiger partial charge in [-0.2, -0.15) is 0 Å². The highest BCUT2D eigenvalue weighted by Crippen LogP contribution is 2.42. The molecule has 0 spiro atoms. The number of piperazine rings is 1. The molecule has 0 radical (unpaired) electrons. The van der Waals surface area contributed by atoms with Gasteiger partial charge in [-0.3, -0.25) is 9.59 Å². The van der Waals surface area contributed by atoms with Gasteiger partial charge < -0.3 is 14.8 Å². The van der Waals surface area contributed by atoms with Gasteiger partial charge in [-0.15, -0.1) is 0 Å². The first kappa shape index (κ1) is 18.0. The van der Waals surface area contributed by atoms with Crippen molar-refractivity contribution >= 4 is 22.7 Å². The highest BCUT2D eigenvalue weighted by Gasteiger charge is 2.47. The van der Waals surface area contributed by atoms with Gasteiger partial charge in [0.25, 0.3) is 0 Å². The average molecular weight is 387 g/mol. The van der Waals surface area contributed by atoms with E-state index in [1.54, 1.807) is 11.9 Å². The summed E-state index contributed by atoms with van der Waals surface area (Å²) in [6.07, 6.45) is 0.550. The van der Waals surface area contributed by atoms with Crippen LogP contribution in [-0.2, 0) is 16.0 Å². The summed E-state index contributed by atoms with van der Waals surface area (Å²) in [4.78, 5) is 33.0. The molecule has 29 heavy (non-hydrogen) atoms. The lowest BCUT2D eigenvalue weighted by Crippen LogP contribution is -2.62. The molecule has 5 rings (SSSR count). The molecule has 2 amide bonds. The fraction of sp³-hybridized carbons (Fsp3) is 0.333. The predicted octanol–water partition coefficient (Wildman–Crippen LogP) is 3.61. The number of fused-ring (bicyclic) bond motifs is 4. The number of amides is 2. The minimum atomic E-state index is -0.456. The maximum atomic E-state index is 13.1. The Labute approximate surface area is 170 Å². The number of para-hydroxylation sites is 1. The Bertz CT molecular complexity index is 1110. The summed E-state index contributed by atoms with van der Waals surface area (Å²) < 4.78 is 0. The summed E-state index contributed by atoms with van der Waals surface area (Å²) in [7, 11) is 1.72. The number of H-pyrrole nitrogens is 1. The predicted molar refractivity (Wildman–Crippen MR) is 113 cm³/mol. The number of hydrogen-bond donors (Lipinski definition) is 1. The van der Waals surface area contributed by atoms with Crippen LogP contribution < -0.4 is 0 Å². The number of nitrogens with one attached hydrogen (secondary N) is 1. The molecule has 3 heterocycles. The molecule has 3 aromatic rings. The van der Waals surface area contributed by atoms with Crippen molar-refractivity contribution in [2.75, 3.05) is 13.6 Å². The van der Waals surface area contributed by atoms with Gasteiger partial charge >= 0.3 is 0 Å². The summed E-state index contributed by atoms with van der Waals surface area (Å²) in [5.41, 5.74) is 5.53. The SMILES string of the molecule is CC(C)c1ccc(C2c3[nH]c4ccccc4c3C[C@H]3C(=O)N(C)CC(=O)N23)cc1. The van der Waals surface area contributed by atoms with Gasteiger partial charge in [0.2, 0.25) is 11.8 Å². The minimum Gasteiger partial charge on any atom is -0.356 e. The molecule has 0 aliphatic carbocycles. The lowest BCUT2D eigenvalue weighted by Gasteiger charge is -2.46. The van der Waals surface area contributed by atoms with Crippen LogP contribution in [0.15, 0.2) is 48.5 Å². The first-order valence-electron chi connectivity index (χ1n) is 10.2. The maximum Gasteiger partial charge on any atom is 0.245 e. The standard InChI is InChI=1S/C24H25N3O2/c1-14(2)15-8-10-16(11-9-15)23-22-18(17-6-4-5-7-19(17)25-22)12-20-24(29)26(3)13-21(28)27(20)23/h4-11,14,20,23,25H,12-13H2,1-3H3/t20-,23?/m0/s1. The van der Waals surface area contributed by atoms with Crippen LogP contribution in [0, 0.1) is 0 Å². The fourth-order valence-electron chi connectivity index (χ4n) is 4.82. The number of likely N-dealkylation sites (N-methyl/N-ethyl adjacent to an activating group) is 1. The monoisotopic (exact) mass is 387 g/mol. The van der Waals surface area contributed by atoms with E-state index < -0.39 is 6.04 Å². The van der Waals surface area contributed by atoms with E-state index in [4.69, 9.17) is 0 Å². The molecule has 5 nitrogen and oxygen atoms in total. The van der Waals surface area contributed by atoms with Crippen LogP contribution in [0.5, 0.6) is 0 Å². The number of carbonyl (C=O) groups excluding carboxylic acids is 2. The molecule has 1 fully saturated rings. The second-order valence-corrected chi connectivity index (χ2v) is 8.50. The third kappa shape index (κ3) is 2.68. The van der Waals surface area contributed by atoms with Crippen LogP contribution in [0.3, 0.4) is 0 Å². The highest BCUT2D eigenvalue weighted by molar-refractivity contribution is 5.97. The van der Waals surface area contributed by atoms with E-state index >= 15 is 0 Å². The lowest BCUT2D eigenvalue weighted by atomic mass is 9.85. The number of aromatic nitrogens is 1. The van der Waals surface area contributed by atoms with Crippen molar-refractivity contribution in [3.05, 3.63) is 70.9 Å². The molecule has 0 saturated carbocycles. The molecular formula is C24H25N3O2. The van der Waals surface area contributed by atoms with Crippen molar-refractivity contribution in [2.24, 2.45) is 0 Å². The van der Waals surface area contributed by atoms with Crippen molar-refractivity contribution in [1.82, 2.24) is 14.8 Å². The molecule has 1 saturated heterocycles. The smallest absolute Gasteiger partial charge is 0.245 e. The van der Waals surface area contributed by atoms with Gasteiger partial charge in [0.05, 0.1) is 12.6 Å². The molecule has 0 bridgehead atoms. The van der Waals surface area contributed by atoms with Crippen LogP contribution in [0.4, 0.5) is 0 Å². The van der Waals surface area contributed by atoms with E-state index in [-0.39, 0.29) is 24.4 Å². The number of benzene rings is 2. The highest BCUT2D eigenvalue weighted by atomic mass is 16.2. The van der Waals surface area contributed by atoms with Gasteiger partial charge in [0.1, 0.15) is 6.04 Å². The van der Waals surface area contributed by atoms with Gasteiger partial charge in [-0.05, 0) is 28.7 Å². The van der Waals surface area contributed by atoms with E-state index in [2.05, 4.69) is 55.2 Å². The van der Waals surface area contributed by atoms with Gasteiger partial charge in [0.15, 0.2) is 0 Å². The third-order valence-electron chi connectivity index (χ3n) is 6.37. The second kappa shape index (κ2) is 6.48. The zero-order valence-electron chi connectivity index (χ0n) is 17.0. The molecule has 2 aliphatic rings. The molecule has 2 atom stereocenters. The van der Waals surface area contributed by atoms with Gasteiger partial charge in [-0.25, -0.2) is 0 Å². The van der Waals surface area contributed by atoms with E-state index in [9.17, 15) is 9.59 Å². The van der Waals surface area contributed by atoms with Crippen LogP contribution in [0.2, 0.25) is 0 Å². The zero-order valence-corrected chi connectivity index (χ0v) is 17.0. The van der Waals surface area contributed by atoms with Crippen molar-refractivity contribution in [3.63, 3.8) is 0 Å². The van der Waals surface area contributed by atoms with Crippen molar-refractivity contribution in [1.29, 1.82) is 0 Å². The molecular weight excluding hydrogens is 362 g/mol. The van der Waals surface area contributed by atoms with E-state index in [0.717, 1.165) is 27.7 Å². The Balaban J connectivity index is 1.72. The number of hydrogen-bond acceptors (Lipinski definition) is 2. The first-order valence-corrected chi connectivity index (χ1v) is 10.2. The number of nitrogens with zero attached hydrogens (tertiary/aromatic N) is 2. The molecule has 2 aromatic carbocycles. The Kier molecular flexibility index (Phi) is 4.02. The quantitative estimate of drug-likeness (QED) is 0.730. The first-order chi connectivity index (χ1) is 14.0. The van der Waals surface area contributed by atoms with E-state index in [1.807, 2.05) is 17.0 Å². The van der Waals surface area contributed by atoms with Gasteiger partial charge in [0, 0.05) is 30.1 Å². The summed E-state index contributed by atoms with van der Waals surface area (Å²) >= 11 is 0. The van der Waals surface area contributed by atoms with Crippen molar-refractivity contribution in [2.45, 2.75) is 38.3 Å². The average Bonchev–Trinajstić information content (AvgIpc) is 3.09. The molecule has 148 valence electrons. The zero-order chi connectivity index (χ0) is 20.3. The van der Waals surface area contributed by atoms with Crippen LogP contribution in [0.1, 0.15) is 48.2 Å². The Morgan fingerprint density at radius 1 is 1.03 bits per heavy atom. The summed E-state index contributed by atoms with van der Waals surface area (Å²) in [6.45, 7) is 4.47. The Morgan fingerprint density at radius 3 is 2.48 bits per heavy atom. The normalized spacial score (nSPS) is 21.7. The van der Waals surface area contributed by atoms with Gasteiger partial charge in [-0.1, -0.05) is 56.3 Å². The molecule has 1 N–H and O–H groups in total. The van der Waals surface area contributed by atoms with Crippen molar-refractivity contribution in [3.8, 4) is 0 Å². The second-order valence-electron chi connectivity index (χ2n) is 8.50. The van der Waals surface area contributed by atoms with Crippen LogP contribution in [0.25, 0.3) is 10.9 Å². The third-order valence-corrected chi connectivity index (χ3v) is 6.37. The molecule has 1 aromatic heterocycles. The number of carbonyl (C=O) groups is 2. The molecule has 2 aliphatic heterocycles. The number of aromatic amines is 1. The van der Waals surface area contributed by atoms with E-state index in [1.165, 1.54) is 5.56 Å². The summed E-state index contributed by atoms with van der Waals surface area (Å²) in [5, 5.41) is 1.14. The summed E-state index contributed by atoms with van der Waals surface area (Å²) in [6, 6.07) is 15.9. The Morgan fingerprint density at radius 2 is 1.76 bits per heavy atom. The Hall–Kier alpha value is -3.08. The summed E-state index contributed by atoms with van der Waals surface area (Å²) in [5.74, 6) is 0.460. The topological polar surface area (TPSA) is 56.4 Å². The van der Waals surface area contributed by atoms with Crippen molar-refractivity contribution < 1.29 is 9.59 Å². The van der Waals surface area contributed by atoms with E-state index in [0.29, 0.717) is 12.3 Å². The molecule has 5 heteroatoms. The van der Waals surface area contributed by atoms with Crippen LogP contribution in [-0.4, -0.2) is 46.2 Å².